The highest BCUT2D eigenvalue weighted by Gasteiger charge is 2.10. The molecule has 96 valence electrons. The van der Waals surface area contributed by atoms with Crippen molar-refractivity contribution in [2.24, 2.45) is 0 Å². The van der Waals surface area contributed by atoms with Gasteiger partial charge in [0.1, 0.15) is 12.1 Å². The standard InChI is InChI=1S/C12H11N5O2/c1-18-8-2-3-9(13)10(6-8)19-12-11-16-15-7-17(11)5-4-14-12/h2-7H,13H2,1H3. The number of nitrogens with two attached hydrogens (primary N) is 1. The largest absolute Gasteiger partial charge is 0.497 e. The van der Waals surface area contributed by atoms with E-state index in [4.69, 9.17) is 15.2 Å². The highest BCUT2D eigenvalue weighted by atomic mass is 16.5. The van der Waals surface area contributed by atoms with E-state index in [1.54, 1.807) is 48.4 Å². The van der Waals surface area contributed by atoms with Crippen LogP contribution in [0.15, 0.2) is 36.9 Å². The average molecular weight is 257 g/mol. The van der Waals surface area contributed by atoms with Crippen LogP contribution in [-0.4, -0.2) is 26.7 Å². The molecule has 0 aliphatic carbocycles. The van der Waals surface area contributed by atoms with Crippen molar-refractivity contribution in [1.29, 1.82) is 0 Å². The van der Waals surface area contributed by atoms with Crippen LogP contribution in [0, 0.1) is 0 Å². The number of ether oxygens (including phenoxy) is 2. The molecule has 0 bridgehead atoms. The second-order valence-electron chi connectivity index (χ2n) is 3.80. The summed E-state index contributed by atoms with van der Waals surface area (Å²) < 4.78 is 12.5. The van der Waals surface area contributed by atoms with Crippen molar-refractivity contribution in [3.05, 3.63) is 36.9 Å². The van der Waals surface area contributed by atoms with Gasteiger partial charge in [-0.25, -0.2) is 4.98 Å². The zero-order chi connectivity index (χ0) is 13.2. The predicted molar refractivity (Wildman–Crippen MR) is 68.3 cm³/mol. The fraction of sp³-hybridized carbons (Fsp3) is 0.0833. The Hall–Kier alpha value is -2.83. The number of benzene rings is 1. The van der Waals surface area contributed by atoms with E-state index in [0.717, 1.165) is 0 Å². The first-order valence-corrected chi connectivity index (χ1v) is 5.53. The van der Waals surface area contributed by atoms with E-state index in [9.17, 15) is 0 Å². The summed E-state index contributed by atoms with van der Waals surface area (Å²) in [5, 5.41) is 7.74. The van der Waals surface area contributed by atoms with Crippen LogP contribution in [0.3, 0.4) is 0 Å². The van der Waals surface area contributed by atoms with Gasteiger partial charge in [0.2, 0.25) is 5.65 Å². The van der Waals surface area contributed by atoms with Crippen molar-refractivity contribution >= 4 is 11.3 Å². The first kappa shape index (κ1) is 11.3. The van der Waals surface area contributed by atoms with Gasteiger partial charge in [-0.3, -0.25) is 4.40 Å². The summed E-state index contributed by atoms with van der Waals surface area (Å²) >= 11 is 0. The summed E-state index contributed by atoms with van der Waals surface area (Å²) in [5.74, 6) is 1.44. The summed E-state index contributed by atoms with van der Waals surface area (Å²) in [7, 11) is 1.58. The number of hydrogen-bond acceptors (Lipinski definition) is 6. The summed E-state index contributed by atoms with van der Waals surface area (Å²) in [6, 6.07) is 5.16. The smallest absolute Gasteiger partial charge is 0.265 e. The summed E-state index contributed by atoms with van der Waals surface area (Å²) in [4.78, 5) is 4.13. The van der Waals surface area contributed by atoms with Gasteiger partial charge in [0.15, 0.2) is 5.75 Å². The molecule has 0 saturated heterocycles. The van der Waals surface area contributed by atoms with Crippen molar-refractivity contribution in [3.63, 3.8) is 0 Å². The van der Waals surface area contributed by atoms with Gasteiger partial charge in [-0.1, -0.05) is 0 Å². The van der Waals surface area contributed by atoms with Crippen LogP contribution >= 0.6 is 0 Å². The number of nitrogen functional groups attached to an aromatic ring is 1. The minimum Gasteiger partial charge on any atom is -0.497 e. The second-order valence-corrected chi connectivity index (χ2v) is 3.80. The van der Waals surface area contributed by atoms with Crippen molar-refractivity contribution in [2.75, 3.05) is 12.8 Å². The fourth-order valence-corrected chi connectivity index (χ4v) is 1.64. The molecular formula is C12H11N5O2. The van der Waals surface area contributed by atoms with Crippen LogP contribution in [0.25, 0.3) is 5.65 Å². The average Bonchev–Trinajstić information content (AvgIpc) is 2.90. The number of fused-ring (bicyclic) bond motifs is 1. The van der Waals surface area contributed by atoms with Crippen molar-refractivity contribution in [3.8, 4) is 17.4 Å². The zero-order valence-electron chi connectivity index (χ0n) is 10.1. The van der Waals surface area contributed by atoms with E-state index in [1.165, 1.54) is 0 Å². The number of aromatic nitrogens is 4. The van der Waals surface area contributed by atoms with E-state index in [0.29, 0.717) is 28.7 Å². The van der Waals surface area contributed by atoms with Crippen molar-refractivity contribution in [1.82, 2.24) is 19.6 Å². The molecule has 0 atom stereocenters. The summed E-state index contributed by atoms with van der Waals surface area (Å²) in [6.07, 6.45) is 4.90. The van der Waals surface area contributed by atoms with Crippen LogP contribution < -0.4 is 15.2 Å². The minimum absolute atomic E-state index is 0.333. The monoisotopic (exact) mass is 257 g/mol. The molecule has 19 heavy (non-hydrogen) atoms. The third-order valence-corrected chi connectivity index (χ3v) is 2.61. The fourth-order valence-electron chi connectivity index (χ4n) is 1.64. The Morgan fingerprint density at radius 1 is 1.32 bits per heavy atom. The minimum atomic E-state index is 0.333. The third kappa shape index (κ3) is 2.01. The maximum absolute atomic E-state index is 5.86. The third-order valence-electron chi connectivity index (χ3n) is 2.61. The molecule has 3 rings (SSSR count). The summed E-state index contributed by atoms with van der Waals surface area (Å²) in [6.45, 7) is 0. The number of nitrogens with zero attached hydrogens (tertiary/aromatic N) is 4. The molecule has 0 spiro atoms. The lowest BCUT2D eigenvalue weighted by molar-refractivity contribution is 0.408. The summed E-state index contributed by atoms with van der Waals surface area (Å²) in [5.41, 5.74) is 6.87. The highest BCUT2D eigenvalue weighted by Crippen LogP contribution is 2.31. The first-order valence-electron chi connectivity index (χ1n) is 5.53. The highest BCUT2D eigenvalue weighted by molar-refractivity contribution is 5.59. The lowest BCUT2D eigenvalue weighted by Crippen LogP contribution is -1.97. The Morgan fingerprint density at radius 3 is 3.05 bits per heavy atom. The van der Waals surface area contributed by atoms with Crippen LogP contribution in [0.1, 0.15) is 0 Å². The van der Waals surface area contributed by atoms with Gasteiger partial charge >= 0.3 is 0 Å². The predicted octanol–water partition coefficient (Wildman–Crippen LogP) is 1.51. The molecule has 0 fully saturated rings. The van der Waals surface area contributed by atoms with Gasteiger partial charge in [0.05, 0.1) is 12.8 Å². The van der Waals surface area contributed by atoms with Crippen LogP contribution in [-0.2, 0) is 0 Å². The van der Waals surface area contributed by atoms with Gasteiger partial charge in [0, 0.05) is 18.5 Å². The van der Waals surface area contributed by atoms with E-state index >= 15 is 0 Å². The van der Waals surface area contributed by atoms with Gasteiger partial charge in [0.25, 0.3) is 5.88 Å². The van der Waals surface area contributed by atoms with Gasteiger partial charge in [-0.15, -0.1) is 10.2 Å². The SMILES string of the molecule is COc1ccc(N)c(Oc2nccn3cnnc23)c1. The molecule has 7 nitrogen and oxygen atoms in total. The van der Waals surface area contributed by atoms with E-state index in [2.05, 4.69) is 15.2 Å². The Labute approximate surface area is 108 Å². The molecule has 2 aromatic heterocycles. The number of rotatable bonds is 3. The normalized spacial score (nSPS) is 10.6. The molecule has 0 radical (unpaired) electrons. The van der Waals surface area contributed by atoms with Crippen molar-refractivity contribution in [2.45, 2.75) is 0 Å². The Bertz CT molecular complexity index is 725. The molecular weight excluding hydrogens is 246 g/mol. The quantitative estimate of drug-likeness (QED) is 0.715. The molecule has 0 saturated carbocycles. The molecule has 7 heteroatoms. The molecule has 2 N–H and O–H groups in total. The lowest BCUT2D eigenvalue weighted by Gasteiger charge is -2.09. The molecule has 0 aliphatic rings. The van der Waals surface area contributed by atoms with Gasteiger partial charge in [-0.2, -0.15) is 0 Å². The maximum atomic E-state index is 5.86. The molecule has 2 heterocycles. The second kappa shape index (κ2) is 4.45. The number of anilines is 1. The number of methoxy groups -OCH3 is 1. The van der Waals surface area contributed by atoms with Gasteiger partial charge in [-0.05, 0) is 12.1 Å². The Morgan fingerprint density at radius 2 is 2.21 bits per heavy atom. The topological polar surface area (TPSA) is 87.6 Å². The first-order chi connectivity index (χ1) is 9.28. The van der Waals surface area contributed by atoms with E-state index < -0.39 is 0 Å². The van der Waals surface area contributed by atoms with E-state index in [-0.39, 0.29) is 0 Å². The van der Waals surface area contributed by atoms with E-state index in [1.807, 2.05) is 0 Å². The van der Waals surface area contributed by atoms with Gasteiger partial charge < -0.3 is 15.2 Å². The van der Waals surface area contributed by atoms with Crippen LogP contribution in [0.2, 0.25) is 0 Å². The molecule has 0 aliphatic heterocycles. The molecule has 3 aromatic rings. The Balaban J connectivity index is 2.03. The number of hydrogen-bond donors (Lipinski definition) is 1. The maximum Gasteiger partial charge on any atom is 0.265 e. The molecule has 1 aromatic carbocycles. The van der Waals surface area contributed by atoms with Crippen LogP contribution in [0.5, 0.6) is 17.4 Å². The Kier molecular flexibility index (Phi) is 2.64. The van der Waals surface area contributed by atoms with Crippen molar-refractivity contribution < 1.29 is 9.47 Å². The molecule has 0 unspecified atom stereocenters. The zero-order valence-corrected chi connectivity index (χ0v) is 10.1. The molecule has 0 amide bonds. The van der Waals surface area contributed by atoms with Crippen LogP contribution in [0.4, 0.5) is 5.69 Å². The lowest BCUT2D eigenvalue weighted by atomic mass is 10.3.